The summed E-state index contributed by atoms with van der Waals surface area (Å²) in [6, 6.07) is 13.7. The Morgan fingerprint density at radius 2 is 2.08 bits per heavy atom. The molecular formula is C19H16N4O2S. The van der Waals surface area contributed by atoms with Gasteiger partial charge in [-0.2, -0.15) is 10.5 Å². The van der Waals surface area contributed by atoms with Gasteiger partial charge in [-0.05, 0) is 42.3 Å². The van der Waals surface area contributed by atoms with Crippen molar-refractivity contribution in [2.45, 2.75) is 19.4 Å². The fourth-order valence-corrected chi connectivity index (χ4v) is 3.71. The van der Waals surface area contributed by atoms with E-state index in [1.54, 1.807) is 7.11 Å². The zero-order chi connectivity index (χ0) is 18.5. The van der Waals surface area contributed by atoms with Gasteiger partial charge in [-0.3, -0.25) is 9.36 Å². The van der Waals surface area contributed by atoms with E-state index < -0.39 is 0 Å². The van der Waals surface area contributed by atoms with Crippen LogP contribution in [0.15, 0.2) is 41.5 Å². The van der Waals surface area contributed by atoms with Gasteiger partial charge in [0.25, 0.3) is 5.56 Å². The normalized spacial score (nSPS) is 11.7. The Kier molecular flexibility index (Phi) is 5.31. The predicted octanol–water partition coefficient (Wildman–Crippen LogP) is 3.58. The van der Waals surface area contributed by atoms with Crippen molar-refractivity contribution in [3.05, 3.63) is 47.0 Å². The highest BCUT2D eigenvalue weighted by Crippen LogP contribution is 2.31. The lowest BCUT2D eigenvalue weighted by Gasteiger charge is -2.08. The molecule has 1 aromatic carbocycles. The third-order valence-corrected chi connectivity index (χ3v) is 5.24. The second-order valence-electron chi connectivity index (χ2n) is 5.78. The first-order valence-electron chi connectivity index (χ1n) is 8.06. The summed E-state index contributed by atoms with van der Waals surface area (Å²) in [5, 5.41) is 17.9. The zero-order valence-corrected chi connectivity index (χ0v) is 15.0. The molecule has 0 amide bonds. The fourth-order valence-electron chi connectivity index (χ4n) is 2.65. The van der Waals surface area contributed by atoms with Gasteiger partial charge in [0.15, 0.2) is 0 Å². The molecule has 0 saturated heterocycles. The summed E-state index contributed by atoms with van der Waals surface area (Å²) in [7, 11) is 1.62. The predicted molar refractivity (Wildman–Crippen MR) is 99.8 cm³/mol. The monoisotopic (exact) mass is 364 g/mol. The van der Waals surface area contributed by atoms with Crippen molar-refractivity contribution in [2.24, 2.45) is 5.92 Å². The maximum absolute atomic E-state index is 12.7. The Morgan fingerprint density at radius 1 is 1.31 bits per heavy atom. The summed E-state index contributed by atoms with van der Waals surface area (Å²) in [6.45, 7) is 0.246. The van der Waals surface area contributed by atoms with Gasteiger partial charge in [0.1, 0.15) is 10.4 Å². The number of nitriles is 2. The number of rotatable bonds is 6. The summed E-state index contributed by atoms with van der Waals surface area (Å²) in [4.78, 5) is 18.1. The highest BCUT2D eigenvalue weighted by Gasteiger charge is 2.14. The molecule has 0 aliphatic rings. The van der Waals surface area contributed by atoms with Gasteiger partial charge in [-0.25, -0.2) is 4.98 Å². The van der Waals surface area contributed by atoms with Gasteiger partial charge >= 0.3 is 0 Å². The van der Waals surface area contributed by atoms with Gasteiger partial charge < -0.3 is 4.74 Å². The number of benzene rings is 1. The molecule has 2 heterocycles. The first-order chi connectivity index (χ1) is 12.7. The lowest BCUT2D eigenvalue weighted by molar-refractivity contribution is 0.415. The average molecular weight is 364 g/mol. The molecule has 6 nitrogen and oxygen atoms in total. The second-order valence-corrected chi connectivity index (χ2v) is 6.83. The van der Waals surface area contributed by atoms with Crippen LogP contribution in [-0.4, -0.2) is 16.7 Å². The Balaban J connectivity index is 1.93. The molecule has 0 bridgehead atoms. The van der Waals surface area contributed by atoms with Crippen LogP contribution in [-0.2, 0) is 6.54 Å². The number of hydrogen-bond acceptors (Lipinski definition) is 6. The minimum Gasteiger partial charge on any atom is -0.497 e. The van der Waals surface area contributed by atoms with E-state index in [1.165, 1.54) is 22.2 Å². The standard InChI is InChI=1S/C19H16N4O2S/c1-25-15-6-4-14(5-7-15)17-9-16-18(26-17)19(24)23(12-22-16)11-13(10-21)3-2-8-20/h4-7,9,12-13H,2-3,11H2,1H3. The largest absolute Gasteiger partial charge is 0.497 e. The summed E-state index contributed by atoms with van der Waals surface area (Å²) >= 11 is 1.39. The van der Waals surface area contributed by atoms with E-state index in [2.05, 4.69) is 11.1 Å². The van der Waals surface area contributed by atoms with Gasteiger partial charge in [0.05, 0.1) is 37.0 Å². The SMILES string of the molecule is COc1ccc(-c2cc3ncn(CC(C#N)CCC#N)c(=O)c3s2)cc1. The van der Waals surface area contributed by atoms with Crippen LogP contribution in [0.2, 0.25) is 0 Å². The van der Waals surface area contributed by atoms with Crippen LogP contribution in [0.25, 0.3) is 20.7 Å². The van der Waals surface area contributed by atoms with Crippen LogP contribution in [0.4, 0.5) is 0 Å². The topological polar surface area (TPSA) is 91.7 Å². The highest BCUT2D eigenvalue weighted by atomic mass is 32.1. The summed E-state index contributed by atoms with van der Waals surface area (Å²) < 4.78 is 7.19. The Morgan fingerprint density at radius 3 is 2.73 bits per heavy atom. The van der Waals surface area contributed by atoms with E-state index in [4.69, 9.17) is 10.00 Å². The van der Waals surface area contributed by atoms with E-state index in [1.807, 2.05) is 36.4 Å². The van der Waals surface area contributed by atoms with E-state index in [-0.39, 0.29) is 18.0 Å². The highest BCUT2D eigenvalue weighted by molar-refractivity contribution is 7.22. The molecule has 0 aliphatic heterocycles. The Bertz CT molecular complexity index is 1050. The van der Waals surface area contributed by atoms with E-state index >= 15 is 0 Å². The van der Waals surface area contributed by atoms with Crippen LogP contribution in [0.3, 0.4) is 0 Å². The molecule has 0 N–H and O–H groups in total. The van der Waals surface area contributed by atoms with Crippen molar-refractivity contribution < 1.29 is 4.74 Å². The number of aromatic nitrogens is 2. The molecule has 3 rings (SSSR count). The van der Waals surface area contributed by atoms with Gasteiger partial charge in [0.2, 0.25) is 0 Å². The number of nitrogens with zero attached hydrogens (tertiary/aromatic N) is 4. The number of thiophene rings is 1. The third-order valence-electron chi connectivity index (χ3n) is 4.08. The molecule has 0 fully saturated rings. The molecular weight excluding hydrogens is 348 g/mol. The van der Waals surface area contributed by atoms with Crippen LogP contribution < -0.4 is 10.3 Å². The lowest BCUT2D eigenvalue weighted by atomic mass is 10.1. The molecule has 1 unspecified atom stereocenters. The van der Waals surface area contributed by atoms with Crippen LogP contribution in [0.1, 0.15) is 12.8 Å². The maximum atomic E-state index is 12.7. The Hall–Kier alpha value is -3.16. The van der Waals surface area contributed by atoms with E-state index in [0.717, 1.165) is 16.2 Å². The molecule has 0 aliphatic carbocycles. The van der Waals surface area contributed by atoms with Crippen molar-refractivity contribution in [1.82, 2.24) is 9.55 Å². The number of fused-ring (bicyclic) bond motifs is 1. The zero-order valence-electron chi connectivity index (χ0n) is 14.2. The lowest BCUT2D eigenvalue weighted by Crippen LogP contribution is -2.23. The van der Waals surface area contributed by atoms with Crippen molar-refractivity contribution in [1.29, 1.82) is 10.5 Å². The summed E-state index contributed by atoms with van der Waals surface area (Å²) in [6.07, 6.45) is 2.22. The van der Waals surface area contributed by atoms with Crippen LogP contribution >= 0.6 is 11.3 Å². The summed E-state index contributed by atoms with van der Waals surface area (Å²) in [5.41, 5.74) is 1.48. The van der Waals surface area contributed by atoms with Crippen LogP contribution in [0.5, 0.6) is 5.75 Å². The molecule has 2 aromatic heterocycles. The molecule has 0 radical (unpaired) electrons. The minimum atomic E-state index is -0.382. The van der Waals surface area contributed by atoms with Crippen molar-refractivity contribution in [3.8, 4) is 28.3 Å². The van der Waals surface area contributed by atoms with Crippen molar-refractivity contribution >= 4 is 21.6 Å². The summed E-state index contributed by atoms with van der Waals surface area (Å²) in [5.74, 6) is 0.392. The quantitative estimate of drug-likeness (QED) is 0.667. The van der Waals surface area contributed by atoms with Crippen LogP contribution in [0, 0.1) is 28.6 Å². The maximum Gasteiger partial charge on any atom is 0.271 e. The molecule has 3 aromatic rings. The third kappa shape index (κ3) is 3.58. The molecule has 0 spiro atoms. The van der Waals surface area contributed by atoms with E-state index in [0.29, 0.717) is 23.1 Å². The average Bonchev–Trinajstić information content (AvgIpc) is 3.12. The fraction of sp³-hybridized carbons (Fsp3) is 0.263. The van der Waals surface area contributed by atoms with Gasteiger partial charge in [-0.15, -0.1) is 11.3 Å². The molecule has 0 saturated carbocycles. The Labute approximate surface area is 154 Å². The number of hydrogen-bond donors (Lipinski definition) is 0. The van der Waals surface area contributed by atoms with Crippen molar-refractivity contribution in [2.75, 3.05) is 7.11 Å². The van der Waals surface area contributed by atoms with Gasteiger partial charge in [0, 0.05) is 17.8 Å². The van der Waals surface area contributed by atoms with Gasteiger partial charge in [-0.1, -0.05) is 0 Å². The molecule has 1 atom stereocenters. The number of methoxy groups -OCH3 is 1. The molecule has 130 valence electrons. The first-order valence-corrected chi connectivity index (χ1v) is 8.88. The molecule has 7 heteroatoms. The van der Waals surface area contributed by atoms with E-state index in [9.17, 15) is 10.1 Å². The first kappa shape index (κ1) is 17.7. The second kappa shape index (κ2) is 7.81. The minimum absolute atomic E-state index is 0.156. The number of ether oxygens (including phenoxy) is 1. The van der Waals surface area contributed by atoms with Crippen molar-refractivity contribution in [3.63, 3.8) is 0 Å². The molecule has 26 heavy (non-hydrogen) atoms. The smallest absolute Gasteiger partial charge is 0.271 e.